The lowest BCUT2D eigenvalue weighted by atomic mass is 9.78. The van der Waals surface area contributed by atoms with Crippen molar-refractivity contribution in [2.45, 2.75) is 35.5 Å². The molecular formula is C21H24N2O3S. The maximum Gasteiger partial charge on any atom is 0.203 e. The van der Waals surface area contributed by atoms with Crippen LogP contribution in [0.2, 0.25) is 0 Å². The molecule has 4 unspecified atom stereocenters. The van der Waals surface area contributed by atoms with Gasteiger partial charge < -0.3 is 9.64 Å². The minimum Gasteiger partial charge on any atom is -0.495 e. The molecule has 5 rings (SSSR count). The second kappa shape index (κ2) is 6.04. The second-order valence-electron chi connectivity index (χ2n) is 7.86. The fourth-order valence-corrected chi connectivity index (χ4v) is 7.73. The van der Waals surface area contributed by atoms with Crippen LogP contribution in [0.5, 0.6) is 5.75 Å². The highest BCUT2D eigenvalue weighted by Crippen LogP contribution is 2.63. The van der Waals surface area contributed by atoms with Crippen molar-refractivity contribution in [3.63, 3.8) is 0 Å². The van der Waals surface area contributed by atoms with Crippen LogP contribution in [0.1, 0.15) is 47.1 Å². The Morgan fingerprint density at radius 1 is 1.19 bits per heavy atom. The van der Waals surface area contributed by atoms with Gasteiger partial charge in [0, 0.05) is 12.5 Å². The first kappa shape index (κ1) is 17.2. The molecule has 1 fully saturated rings. The fraction of sp³-hybridized carbons (Fsp3) is 0.476. The number of fused-ring (bicyclic) bond motifs is 5. The Bertz CT molecular complexity index is 1000. The lowest BCUT2D eigenvalue weighted by molar-refractivity contribution is 0.318. The van der Waals surface area contributed by atoms with Crippen LogP contribution >= 0.6 is 0 Å². The van der Waals surface area contributed by atoms with Crippen molar-refractivity contribution in [2.24, 2.45) is 5.92 Å². The third-order valence-corrected chi connectivity index (χ3v) is 8.79. The number of sulfone groups is 1. The number of benzene rings is 1. The monoisotopic (exact) mass is 384 g/mol. The lowest BCUT2D eigenvalue weighted by Gasteiger charge is -2.26. The van der Waals surface area contributed by atoms with Crippen LogP contribution in [-0.2, 0) is 9.84 Å². The van der Waals surface area contributed by atoms with Gasteiger partial charge >= 0.3 is 0 Å². The van der Waals surface area contributed by atoms with E-state index in [0.29, 0.717) is 11.7 Å². The van der Waals surface area contributed by atoms with Gasteiger partial charge in [-0.25, -0.2) is 13.4 Å². The van der Waals surface area contributed by atoms with E-state index < -0.39 is 15.1 Å². The average Bonchev–Trinajstić information content (AvgIpc) is 3.34. The SMILES string of the molecule is CCN1CCC(C2c3ccccc3C3C2c2cc(OC)cnc2S3(=O)=O)C1. The minimum absolute atomic E-state index is 0.0631. The van der Waals surface area contributed by atoms with Crippen molar-refractivity contribution < 1.29 is 13.2 Å². The third-order valence-electron chi connectivity index (χ3n) is 6.69. The van der Waals surface area contributed by atoms with Gasteiger partial charge in [-0.2, -0.15) is 0 Å². The molecule has 0 saturated carbocycles. The lowest BCUT2D eigenvalue weighted by Crippen LogP contribution is -2.23. The smallest absolute Gasteiger partial charge is 0.203 e. The van der Waals surface area contributed by atoms with Crippen molar-refractivity contribution in [3.8, 4) is 5.75 Å². The van der Waals surface area contributed by atoms with Gasteiger partial charge in [0.2, 0.25) is 9.84 Å². The van der Waals surface area contributed by atoms with Gasteiger partial charge in [-0.05, 0) is 54.1 Å². The van der Waals surface area contributed by atoms with E-state index in [4.69, 9.17) is 4.74 Å². The number of ether oxygens (including phenoxy) is 1. The molecule has 3 aliphatic rings. The van der Waals surface area contributed by atoms with Gasteiger partial charge in [0.05, 0.1) is 13.3 Å². The Balaban J connectivity index is 1.70. The zero-order chi connectivity index (χ0) is 18.8. The van der Waals surface area contributed by atoms with Crippen LogP contribution in [0.25, 0.3) is 0 Å². The molecule has 0 bridgehead atoms. The molecule has 1 aromatic carbocycles. The molecule has 5 nitrogen and oxygen atoms in total. The molecule has 2 aliphatic heterocycles. The van der Waals surface area contributed by atoms with Gasteiger partial charge in [0.1, 0.15) is 11.0 Å². The number of pyridine rings is 1. The van der Waals surface area contributed by atoms with Crippen LogP contribution in [-0.4, -0.2) is 45.0 Å². The highest BCUT2D eigenvalue weighted by molar-refractivity contribution is 7.92. The van der Waals surface area contributed by atoms with E-state index in [2.05, 4.69) is 22.9 Å². The summed E-state index contributed by atoms with van der Waals surface area (Å²) in [5.74, 6) is 1.24. The van der Waals surface area contributed by atoms with Gasteiger partial charge in [-0.3, -0.25) is 0 Å². The van der Waals surface area contributed by atoms with Crippen LogP contribution in [0.4, 0.5) is 0 Å². The number of hydrogen-bond acceptors (Lipinski definition) is 5. The number of methoxy groups -OCH3 is 1. The van der Waals surface area contributed by atoms with Gasteiger partial charge in [-0.1, -0.05) is 31.2 Å². The molecule has 0 radical (unpaired) electrons. The van der Waals surface area contributed by atoms with E-state index in [1.165, 1.54) is 11.8 Å². The van der Waals surface area contributed by atoms with E-state index in [0.717, 1.165) is 37.2 Å². The summed E-state index contributed by atoms with van der Waals surface area (Å²) >= 11 is 0. The van der Waals surface area contributed by atoms with E-state index in [9.17, 15) is 8.42 Å². The predicted molar refractivity (Wildman–Crippen MR) is 103 cm³/mol. The molecule has 1 saturated heterocycles. The molecule has 0 amide bonds. The molecule has 4 atom stereocenters. The Kier molecular flexibility index (Phi) is 3.85. The summed E-state index contributed by atoms with van der Waals surface area (Å²) in [7, 11) is -1.88. The minimum atomic E-state index is -3.48. The van der Waals surface area contributed by atoms with Crippen molar-refractivity contribution >= 4 is 9.84 Å². The molecule has 0 N–H and O–H groups in total. The van der Waals surface area contributed by atoms with E-state index in [1.54, 1.807) is 7.11 Å². The number of rotatable bonds is 3. The Labute approximate surface area is 160 Å². The fourth-order valence-electron chi connectivity index (χ4n) is 5.51. The normalized spacial score (nSPS) is 30.7. The van der Waals surface area contributed by atoms with Crippen LogP contribution in [0.3, 0.4) is 0 Å². The summed E-state index contributed by atoms with van der Waals surface area (Å²) in [5.41, 5.74) is 3.03. The summed E-state index contributed by atoms with van der Waals surface area (Å²) in [6, 6.07) is 10.0. The molecule has 27 heavy (non-hydrogen) atoms. The average molecular weight is 385 g/mol. The predicted octanol–water partition coefficient (Wildman–Crippen LogP) is 3.14. The highest BCUT2D eigenvalue weighted by Gasteiger charge is 2.57. The summed E-state index contributed by atoms with van der Waals surface area (Å²) in [6.45, 7) is 5.36. The molecule has 3 heterocycles. The van der Waals surface area contributed by atoms with Crippen LogP contribution in [0.15, 0.2) is 41.6 Å². The van der Waals surface area contributed by atoms with Crippen molar-refractivity contribution in [1.82, 2.24) is 9.88 Å². The van der Waals surface area contributed by atoms with E-state index >= 15 is 0 Å². The van der Waals surface area contributed by atoms with E-state index in [-0.39, 0.29) is 16.9 Å². The van der Waals surface area contributed by atoms with Crippen molar-refractivity contribution in [1.29, 1.82) is 0 Å². The maximum atomic E-state index is 13.4. The molecule has 1 aliphatic carbocycles. The second-order valence-corrected chi connectivity index (χ2v) is 9.84. The Morgan fingerprint density at radius 2 is 1.96 bits per heavy atom. The first-order valence-corrected chi connectivity index (χ1v) is 11.2. The number of likely N-dealkylation sites (tertiary alicyclic amines) is 1. The first-order chi connectivity index (χ1) is 13.1. The van der Waals surface area contributed by atoms with Gasteiger partial charge in [0.15, 0.2) is 5.03 Å². The highest BCUT2D eigenvalue weighted by atomic mass is 32.2. The zero-order valence-electron chi connectivity index (χ0n) is 15.6. The Hall–Kier alpha value is -1.92. The van der Waals surface area contributed by atoms with Crippen molar-refractivity contribution in [3.05, 3.63) is 53.2 Å². The third kappa shape index (κ3) is 2.32. The molecule has 0 spiro atoms. The molecule has 1 aromatic heterocycles. The molecule has 2 aromatic rings. The number of hydrogen-bond donors (Lipinski definition) is 0. The summed E-state index contributed by atoms with van der Waals surface area (Å²) < 4.78 is 32.2. The van der Waals surface area contributed by atoms with Gasteiger partial charge in [0.25, 0.3) is 0 Å². The van der Waals surface area contributed by atoms with Crippen LogP contribution in [0, 0.1) is 5.92 Å². The summed E-state index contributed by atoms with van der Waals surface area (Å²) in [5, 5.41) is -0.257. The molecule has 6 heteroatoms. The summed E-state index contributed by atoms with van der Waals surface area (Å²) in [6.07, 6.45) is 2.63. The van der Waals surface area contributed by atoms with Crippen LogP contribution < -0.4 is 4.74 Å². The van der Waals surface area contributed by atoms with Gasteiger partial charge in [-0.15, -0.1) is 0 Å². The topological polar surface area (TPSA) is 59.5 Å². The quantitative estimate of drug-likeness (QED) is 0.814. The number of aromatic nitrogens is 1. The maximum absolute atomic E-state index is 13.4. The zero-order valence-corrected chi connectivity index (χ0v) is 16.4. The molecular weight excluding hydrogens is 360 g/mol. The number of nitrogens with zero attached hydrogens (tertiary/aromatic N) is 2. The Morgan fingerprint density at radius 3 is 2.67 bits per heavy atom. The molecule has 142 valence electrons. The standard InChI is InChI=1S/C21H24N2O3S/c1-3-23-9-8-13(12-23)18-15-6-4-5-7-16(15)20-19(18)17-10-14(26-2)11-22-21(17)27(20,24)25/h4-7,10-11,13,18-20H,3,8-9,12H2,1-2H3. The first-order valence-electron chi connectivity index (χ1n) is 9.65. The largest absolute Gasteiger partial charge is 0.495 e. The summed E-state index contributed by atoms with van der Waals surface area (Å²) in [4.78, 5) is 6.77. The van der Waals surface area contributed by atoms with Crippen molar-refractivity contribution in [2.75, 3.05) is 26.7 Å². The van der Waals surface area contributed by atoms with E-state index in [1.807, 2.05) is 24.3 Å².